The van der Waals surface area contributed by atoms with E-state index < -0.39 is 6.23 Å². The van der Waals surface area contributed by atoms with Crippen molar-refractivity contribution in [2.75, 3.05) is 21.2 Å². The molecule has 1 aromatic carbocycles. The van der Waals surface area contributed by atoms with Gasteiger partial charge in [-0.1, -0.05) is 15.9 Å². The lowest BCUT2D eigenvalue weighted by molar-refractivity contribution is -0.138. The van der Waals surface area contributed by atoms with Crippen LogP contribution in [0.2, 0.25) is 0 Å². The summed E-state index contributed by atoms with van der Waals surface area (Å²) in [5.74, 6) is 0.329. The van der Waals surface area contributed by atoms with Crippen LogP contribution >= 0.6 is 31.9 Å². The first-order valence-corrected chi connectivity index (χ1v) is 7.14. The van der Waals surface area contributed by atoms with Crippen LogP contribution in [0, 0.1) is 0 Å². The third-order valence-corrected chi connectivity index (χ3v) is 3.78. The smallest absolute Gasteiger partial charge is 0.338 e. The normalized spacial score (nSPS) is 17.6. The topological polar surface area (TPSA) is 38.8 Å². The largest absolute Gasteiger partial charge is 0.469 e. The van der Waals surface area contributed by atoms with Crippen molar-refractivity contribution in [1.29, 1.82) is 0 Å². The molecule has 4 nitrogen and oxygen atoms in total. The standard InChI is InChI=1S/C13H13Br2NO3/c1-16(2)12-9(13(17)18-3)5-7-4-8(14)6-10(15)11(7)19-12/h4-6,12H,1-3H3. The molecule has 0 amide bonds. The van der Waals surface area contributed by atoms with Gasteiger partial charge in [-0.05, 0) is 48.2 Å². The van der Waals surface area contributed by atoms with E-state index in [2.05, 4.69) is 31.9 Å². The predicted molar refractivity (Wildman–Crippen MR) is 79.9 cm³/mol. The van der Waals surface area contributed by atoms with Gasteiger partial charge >= 0.3 is 5.97 Å². The number of hydrogen-bond acceptors (Lipinski definition) is 4. The molecule has 1 aliphatic rings. The summed E-state index contributed by atoms with van der Waals surface area (Å²) in [5.41, 5.74) is 1.31. The monoisotopic (exact) mass is 389 g/mol. The Kier molecular flexibility index (Phi) is 4.32. The van der Waals surface area contributed by atoms with Crippen LogP contribution in [0.3, 0.4) is 0 Å². The van der Waals surface area contributed by atoms with E-state index in [0.717, 1.165) is 20.3 Å². The van der Waals surface area contributed by atoms with E-state index in [0.29, 0.717) is 5.57 Å². The van der Waals surface area contributed by atoms with Gasteiger partial charge in [0.2, 0.25) is 0 Å². The molecule has 19 heavy (non-hydrogen) atoms. The third-order valence-electron chi connectivity index (χ3n) is 2.73. The molecule has 1 unspecified atom stereocenters. The summed E-state index contributed by atoms with van der Waals surface area (Å²) in [6.07, 6.45) is 1.34. The molecule has 0 aromatic heterocycles. The lowest BCUT2D eigenvalue weighted by Gasteiger charge is -2.31. The molecule has 102 valence electrons. The number of ether oxygens (including phenoxy) is 2. The number of esters is 1. The minimum atomic E-state index is -0.461. The van der Waals surface area contributed by atoms with Crippen molar-refractivity contribution in [1.82, 2.24) is 4.90 Å². The molecule has 0 fully saturated rings. The van der Waals surface area contributed by atoms with Crippen LogP contribution in [-0.4, -0.2) is 38.3 Å². The molecule has 0 radical (unpaired) electrons. The molecule has 1 atom stereocenters. The molecule has 0 N–H and O–H groups in total. The first-order chi connectivity index (χ1) is 8.93. The molecular weight excluding hydrogens is 378 g/mol. The van der Waals surface area contributed by atoms with Crippen LogP contribution in [-0.2, 0) is 9.53 Å². The Balaban J connectivity index is 2.56. The fourth-order valence-electron chi connectivity index (χ4n) is 1.89. The molecule has 1 heterocycles. The average Bonchev–Trinajstić information content (AvgIpc) is 2.36. The van der Waals surface area contributed by atoms with Gasteiger partial charge in [-0.2, -0.15) is 0 Å². The summed E-state index contributed by atoms with van der Waals surface area (Å²) in [4.78, 5) is 13.7. The summed E-state index contributed by atoms with van der Waals surface area (Å²) in [7, 11) is 5.06. The Morgan fingerprint density at radius 2 is 2.05 bits per heavy atom. The zero-order valence-corrected chi connectivity index (χ0v) is 13.9. The SMILES string of the molecule is COC(=O)C1=Cc2cc(Br)cc(Br)c2OC1N(C)C. The third kappa shape index (κ3) is 2.85. The maximum absolute atomic E-state index is 11.8. The minimum Gasteiger partial charge on any atom is -0.469 e. The number of rotatable bonds is 2. The molecule has 0 bridgehead atoms. The highest BCUT2D eigenvalue weighted by Crippen LogP contribution is 2.39. The number of methoxy groups -OCH3 is 1. The van der Waals surface area contributed by atoms with Gasteiger partial charge in [0.05, 0.1) is 17.2 Å². The minimum absolute atomic E-state index is 0.388. The maximum Gasteiger partial charge on any atom is 0.338 e. The van der Waals surface area contributed by atoms with Crippen LogP contribution in [0.25, 0.3) is 6.08 Å². The van der Waals surface area contributed by atoms with E-state index in [1.54, 1.807) is 6.08 Å². The second-order valence-corrected chi connectivity index (χ2v) is 6.10. The van der Waals surface area contributed by atoms with Crippen LogP contribution < -0.4 is 4.74 Å². The van der Waals surface area contributed by atoms with E-state index in [-0.39, 0.29) is 5.97 Å². The highest BCUT2D eigenvalue weighted by Gasteiger charge is 2.31. The number of carbonyl (C=O) groups is 1. The Labute approximate surface area is 128 Å². The number of hydrogen-bond donors (Lipinski definition) is 0. The van der Waals surface area contributed by atoms with Crippen molar-refractivity contribution in [3.05, 3.63) is 32.2 Å². The van der Waals surface area contributed by atoms with Gasteiger partial charge in [0.25, 0.3) is 0 Å². The first-order valence-electron chi connectivity index (χ1n) is 5.56. The van der Waals surface area contributed by atoms with Gasteiger partial charge in [0, 0.05) is 10.0 Å². The lowest BCUT2D eigenvalue weighted by atomic mass is 10.1. The number of likely N-dealkylation sites (N-methyl/N-ethyl adjacent to an activating group) is 1. The summed E-state index contributed by atoms with van der Waals surface area (Å²) < 4.78 is 12.5. The Hall–Kier alpha value is -0.850. The summed E-state index contributed by atoms with van der Waals surface area (Å²) in [6.45, 7) is 0. The van der Waals surface area contributed by atoms with E-state index in [9.17, 15) is 4.79 Å². The Morgan fingerprint density at radius 1 is 1.37 bits per heavy atom. The molecular formula is C13H13Br2NO3. The highest BCUT2D eigenvalue weighted by molar-refractivity contribution is 9.11. The molecule has 0 saturated carbocycles. The van der Waals surface area contributed by atoms with Gasteiger partial charge in [-0.3, -0.25) is 4.90 Å². The molecule has 1 aromatic rings. The van der Waals surface area contributed by atoms with E-state index >= 15 is 0 Å². The summed E-state index contributed by atoms with van der Waals surface area (Å²) >= 11 is 6.88. The van der Waals surface area contributed by atoms with Gasteiger partial charge in [-0.15, -0.1) is 0 Å². The van der Waals surface area contributed by atoms with Crippen LogP contribution in [0.5, 0.6) is 5.75 Å². The Bertz CT molecular complexity index is 555. The molecule has 0 spiro atoms. The van der Waals surface area contributed by atoms with E-state index in [1.807, 2.05) is 31.1 Å². The molecule has 0 saturated heterocycles. The first kappa shape index (κ1) is 14.6. The maximum atomic E-state index is 11.8. The van der Waals surface area contributed by atoms with Crippen LogP contribution in [0.1, 0.15) is 5.56 Å². The Morgan fingerprint density at radius 3 is 2.63 bits per heavy atom. The molecule has 2 rings (SSSR count). The van der Waals surface area contributed by atoms with Crippen LogP contribution in [0.4, 0.5) is 0 Å². The van der Waals surface area contributed by atoms with E-state index in [4.69, 9.17) is 9.47 Å². The van der Waals surface area contributed by atoms with Crippen molar-refractivity contribution >= 4 is 43.9 Å². The molecule has 0 aliphatic carbocycles. The number of benzene rings is 1. The van der Waals surface area contributed by atoms with Crippen molar-refractivity contribution < 1.29 is 14.3 Å². The quantitative estimate of drug-likeness (QED) is 0.727. The van der Waals surface area contributed by atoms with E-state index in [1.165, 1.54) is 7.11 Å². The number of carbonyl (C=O) groups excluding carboxylic acids is 1. The fraction of sp³-hybridized carbons (Fsp3) is 0.308. The van der Waals surface area contributed by atoms with Crippen molar-refractivity contribution in [3.63, 3.8) is 0 Å². The zero-order valence-electron chi connectivity index (χ0n) is 10.7. The molecule has 1 aliphatic heterocycles. The van der Waals surface area contributed by atoms with Gasteiger partial charge < -0.3 is 9.47 Å². The summed E-state index contributed by atoms with van der Waals surface area (Å²) in [5, 5.41) is 0. The molecule has 6 heteroatoms. The van der Waals surface area contributed by atoms with Crippen molar-refractivity contribution in [2.45, 2.75) is 6.23 Å². The highest BCUT2D eigenvalue weighted by atomic mass is 79.9. The second kappa shape index (κ2) is 5.64. The van der Waals surface area contributed by atoms with Gasteiger partial charge in [-0.25, -0.2) is 4.79 Å². The zero-order chi connectivity index (χ0) is 14.2. The average molecular weight is 391 g/mol. The number of nitrogens with zero attached hydrogens (tertiary/aromatic N) is 1. The predicted octanol–water partition coefficient (Wildman–Crippen LogP) is 3.05. The number of fused-ring (bicyclic) bond motifs is 1. The number of halogens is 2. The van der Waals surface area contributed by atoms with Crippen molar-refractivity contribution in [3.8, 4) is 5.75 Å². The van der Waals surface area contributed by atoms with Gasteiger partial charge in [0.15, 0.2) is 6.23 Å². The van der Waals surface area contributed by atoms with Gasteiger partial charge in [0.1, 0.15) is 5.75 Å². The van der Waals surface area contributed by atoms with Crippen molar-refractivity contribution in [2.24, 2.45) is 0 Å². The lowest BCUT2D eigenvalue weighted by Crippen LogP contribution is -2.39. The summed E-state index contributed by atoms with van der Waals surface area (Å²) in [6, 6.07) is 3.80. The fourth-order valence-corrected chi connectivity index (χ4v) is 3.24. The van der Waals surface area contributed by atoms with Crippen LogP contribution in [0.15, 0.2) is 26.7 Å². The second-order valence-electron chi connectivity index (χ2n) is 4.33.